The van der Waals surface area contributed by atoms with Gasteiger partial charge in [-0.2, -0.15) is 0 Å². The first kappa shape index (κ1) is 18.2. The van der Waals surface area contributed by atoms with Crippen molar-refractivity contribution in [2.75, 3.05) is 6.54 Å². The van der Waals surface area contributed by atoms with E-state index in [0.717, 1.165) is 11.1 Å². The quantitative estimate of drug-likeness (QED) is 0.681. The highest BCUT2D eigenvalue weighted by Gasteiger charge is 2.24. The number of nitrogens with zero attached hydrogens (tertiary/aromatic N) is 4. The second kappa shape index (κ2) is 7.80. The smallest absolute Gasteiger partial charge is 0.256 e. The molecule has 1 aliphatic rings. The summed E-state index contributed by atoms with van der Waals surface area (Å²) in [5.74, 6) is 1.27. The molecular weight excluding hydrogens is 356 g/mol. The van der Waals surface area contributed by atoms with E-state index in [4.69, 9.17) is 4.42 Å². The van der Waals surface area contributed by atoms with Gasteiger partial charge in [0.25, 0.3) is 5.56 Å². The van der Waals surface area contributed by atoms with E-state index in [2.05, 4.69) is 9.97 Å². The van der Waals surface area contributed by atoms with Gasteiger partial charge in [-0.1, -0.05) is 30.3 Å². The van der Waals surface area contributed by atoms with E-state index in [1.54, 1.807) is 22.0 Å². The second-order valence-corrected chi connectivity index (χ2v) is 6.81. The Hall–Kier alpha value is -3.22. The van der Waals surface area contributed by atoms with Gasteiger partial charge in [0.05, 0.1) is 24.8 Å². The van der Waals surface area contributed by atoms with Crippen molar-refractivity contribution in [2.45, 2.75) is 39.3 Å². The monoisotopic (exact) mass is 378 g/mol. The number of carbonyl (C=O) groups is 1. The van der Waals surface area contributed by atoms with Crippen molar-refractivity contribution in [3.05, 3.63) is 70.4 Å². The molecule has 0 fully saturated rings. The Balaban J connectivity index is 1.38. The molecule has 0 radical (unpaired) electrons. The lowest BCUT2D eigenvalue weighted by molar-refractivity contribution is -0.132. The van der Waals surface area contributed by atoms with Gasteiger partial charge < -0.3 is 9.32 Å². The lowest BCUT2D eigenvalue weighted by Crippen LogP contribution is -2.40. The van der Waals surface area contributed by atoms with Crippen LogP contribution < -0.4 is 5.56 Å². The maximum absolute atomic E-state index is 12.6. The number of carbonyl (C=O) groups excluding carboxylic acids is 1. The molecule has 0 bridgehead atoms. The van der Waals surface area contributed by atoms with Crippen molar-refractivity contribution in [1.82, 2.24) is 19.4 Å². The van der Waals surface area contributed by atoms with Gasteiger partial charge in [-0.25, -0.2) is 9.97 Å². The SMILES string of the molecule is CCn1cnc2c(c1=O)CCN(C(=O)CCc1ncc(-c3ccccc3)o1)C2. The maximum atomic E-state index is 12.6. The van der Waals surface area contributed by atoms with Gasteiger partial charge in [0, 0.05) is 37.1 Å². The number of fused-ring (bicyclic) bond motifs is 1. The number of aryl methyl sites for hydroxylation is 2. The van der Waals surface area contributed by atoms with Gasteiger partial charge in [-0.15, -0.1) is 0 Å². The van der Waals surface area contributed by atoms with Crippen LogP contribution in [0.15, 0.2) is 52.1 Å². The lowest BCUT2D eigenvalue weighted by Gasteiger charge is -2.28. The van der Waals surface area contributed by atoms with Crippen LogP contribution in [0.5, 0.6) is 0 Å². The Morgan fingerprint density at radius 2 is 2.04 bits per heavy atom. The van der Waals surface area contributed by atoms with Crippen molar-refractivity contribution in [1.29, 1.82) is 0 Å². The predicted molar refractivity (Wildman–Crippen MR) is 104 cm³/mol. The molecule has 2 aromatic heterocycles. The van der Waals surface area contributed by atoms with Crippen LogP contribution in [0.3, 0.4) is 0 Å². The minimum Gasteiger partial charge on any atom is -0.441 e. The normalized spacial score (nSPS) is 13.4. The fourth-order valence-electron chi connectivity index (χ4n) is 3.43. The molecule has 0 aliphatic carbocycles. The number of benzene rings is 1. The van der Waals surface area contributed by atoms with Crippen molar-refractivity contribution in [2.24, 2.45) is 0 Å². The zero-order valence-electron chi connectivity index (χ0n) is 15.8. The molecule has 1 aromatic carbocycles. The number of hydrogen-bond donors (Lipinski definition) is 0. The van der Waals surface area contributed by atoms with E-state index < -0.39 is 0 Å². The topological polar surface area (TPSA) is 81.2 Å². The van der Waals surface area contributed by atoms with E-state index >= 15 is 0 Å². The molecule has 0 N–H and O–H groups in total. The minimum atomic E-state index is 0.00725. The fourth-order valence-corrected chi connectivity index (χ4v) is 3.43. The second-order valence-electron chi connectivity index (χ2n) is 6.81. The fraction of sp³-hybridized carbons (Fsp3) is 0.333. The molecule has 0 saturated carbocycles. The predicted octanol–water partition coefficient (Wildman–Crippen LogP) is 2.44. The molecule has 144 valence electrons. The highest BCUT2D eigenvalue weighted by atomic mass is 16.4. The van der Waals surface area contributed by atoms with Crippen LogP contribution in [0.4, 0.5) is 0 Å². The first-order valence-electron chi connectivity index (χ1n) is 9.50. The van der Waals surface area contributed by atoms with Gasteiger partial charge >= 0.3 is 0 Å². The third kappa shape index (κ3) is 3.60. The van der Waals surface area contributed by atoms with Gasteiger partial charge in [0.2, 0.25) is 5.91 Å². The molecule has 4 rings (SSSR count). The Morgan fingerprint density at radius 1 is 1.21 bits per heavy atom. The molecular formula is C21H22N4O3. The third-order valence-corrected chi connectivity index (χ3v) is 5.05. The zero-order chi connectivity index (χ0) is 19.5. The lowest BCUT2D eigenvalue weighted by atomic mass is 10.1. The van der Waals surface area contributed by atoms with Crippen molar-refractivity contribution >= 4 is 5.91 Å². The van der Waals surface area contributed by atoms with Crippen LogP contribution in [-0.2, 0) is 30.7 Å². The largest absolute Gasteiger partial charge is 0.441 e. The van der Waals surface area contributed by atoms with E-state index in [0.29, 0.717) is 56.2 Å². The van der Waals surface area contributed by atoms with E-state index in [-0.39, 0.29) is 11.5 Å². The summed E-state index contributed by atoms with van der Waals surface area (Å²) in [7, 11) is 0. The summed E-state index contributed by atoms with van der Waals surface area (Å²) in [4.78, 5) is 35.4. The Labute approximate surface area is 162 Å². The molecule has 0 saturated heterocycles. The van der Waals surface area contributed by atoms with Crippen LogP contribution in [0.25, 0.3) is 11.3 Å². The Bertz CT molecular complexity index is 1040. The van der Waals surface area contributed by atoms with Gasteiger partial charge in [0.1, 0.15) is 0 Å². The summed E-state index contributed by atoms with van der Waals surface area (Å²) in [6.45, 7) is 3.44. The molecule has 0 spiro atoms. The van der Waals surface area contributed by atoms with E-state index in [9.17, 15) is 9.59 Å². The van der Waals surface area contributed by atoms with Crippen molar-refractivity contribution < 1.29 is 9.21 Å². The van der Waals surface area contributed by atoms with E-state index in [1.165, 1.54) is 0 Å². The molecule has 1 aliphatic heterocycles. The zero-order valence-corrected chi connectivity index (χ0v) is 15.8. The van der Waals surface area contributed by atoms with Crippen LogP contribution in [0.1, 0.15) is 30.5 Å². The number of rotatable bonds is 5. The van der Waals surface area contributed by atoms with Gasteiger partial charge in [-0.05, 0) is 13.3 Å². The molecule has 1 amide bonds. The summed E-state index contributed by atoms with van der Waals surface area (Å²) in [6.07, 6.45) is 4.56. The standard InChI is InChI=1S/C21H22N4O3/c1-2-24-14-23-17-13-25(11-10-16(17)21(24)27)20(26)9-8-19-22-12-18(28-19)15-6-4-3-5-7-15/h3-7,12,14H,2,8-11,13H2,1H3. The summed E-state index contributed by atoms with van der Waals surface area (Å²) < 4.78 is 7.37. The molecule has 28 heavy (non-hydrogen) atoms. The van der Waals surface area contributed by atoms with Crippen molar-refractivity contribution in [3.8, 4) is 11.3 Å². The molecule has 3 heterocycles. The third-order valence-electron chi connectivity index (χ3n) is 5.05. The first-order chi connectivity index (χ1) is 13.7. The highest BCUT2D eigenvalue weighted by molar-refractivity contribution is 5.76. The van der Waals surface area contributed by atoms with Gasteiger partial charge in [0.15, 0.2) is 11.7 Å². The van der Waals surface area contributed by atoms with Crippen LogP contribution in [0.2, 0.25) is 0 Å². The molecule has 0 atom stereocenters. The molecule has 7 nitrogen and oxygen atoms in total. The highest BCUT2D eigenvalue weighted by Crippen LogP contribution is 2.21. The number of amides is 1. The summed E-state index contributed by atoms with van der Waals surface area (Å²) in [6, 6.07) is 9.75. The molecule has 7 heteroatoms. The minimum absolute atomic E-state index is 0.00725. The molecule has 3 aromatic rings. The van der Waals surface area contributed by atoms with Gasteiger partial charge in [-0.3, -0.25) is 14.2 Å². The van der Waals surface area contributed by atoms with E-state index in [1.807, 2.05) is 37.3 Å². The van der Waals surface area contributed by atoms with Crippen LogP contribution in [-0.4, -0.2) is 31.9 Å². The Morgan fingerprint density at radius 3 is 2.82 bits per heavy atom. The van der Waals surface area contributed by atoms with Crippen molar-refractivity contribution in [3.63, 3.8) is 0 Å². The maximum Gasteiger partial charge on any atom is 0.256 e. The summed E-state index contributed by atoms with van der Waals surface area (Å²) in [5, 5.41) is 0. The Kier molecular flexibility index (Phi) is 5.06. The average Bonchev–Trinajstić information content (AvgIpc) is 3.22. The first-order valence-corrected chi connectivity index (χ1v) is 9.50. The summed E-state index contributed by atoms with van der Waals surface area (Å²) >= 11 is 0. The number of aromatic nitrogens is 3. The van der Waals surface area contributed by atoms with Crippen LogP contribution >= 0.6 is 0 Å². The number of hydrogen-bond acceptors (Lipinski definition) is 5. The molecule has 0 unspecified atom stereocenters. The number of oxazole rings is 1. The summed E-state index contributed by atoms with van der Waals surface area (Å²) in [5.41, 5.74) is 2.40. The van der Waals surface area contributed by atoms with Crippen LogP contribution in [0, 0.1) is 0 Å². The average molecular weight is 378 g/mol.